The number of hydrogen-bond donors (Lipinski definition) is 12. The Hall–Kier alpha value is -1.21. The molecule has 450 valence electrons. The summed E-state index contributed by atoms with van der Waals surface area (Å²) >= 11 is 0. The highest BCUT2D eigenvalue weighted by Crippen LogP contribution is 2.33. The molecule has 0 bridgehead atoms. The summed E-state index contributed by atoms with van der Waals surface area (Å²) in [6.07, 6.45) is 12.4. The van der Waals surface area contributed by atoms with Crippen molar-refractivity contribution >= 4 is 5.91 Å². The van der Waals surface area contributed by atoms with Crippen LogP contribution in [0.4, 0.5) is 0 Å². The summed E-state index contributed by atoms with van der Waals surface area (Å²) in [7, 11) is 0. The monoisotopic (exact) mass is 1100 g/mol. The molecule has 0 aromatic carbocycles. The lowest BCUT2D eigenvalue weighted by Gasteiger charge is -2.48. The minimum absolute atomic E-state index is 0.247. The van der Waals surface area contributed by atoms with Crippen LogP contribution in [0.3, 0.4) is 0 Å². The smallest absolute Gasteiger partial charge is 0.220 e. The van der Waals surface area contributed by atoms with E-state index >= 15 is 0 Å². The molecule has 0 aromatic rings. The predicted molar refractivity (Wildman–Crippen MR) is 287 cm³/mol. The van der Waals surface area contributed by atoms with Gasteiger partial charge in [0.1, 0.15) is 73.2 Å². The number of aliphatic hydroxyl groups is 11. The molecule has 1 amide bonds. The first-order valence-corrected chi connectivity index (χ1v) is 30.3. The van der Waals surface area contributed by atoms with Gasteiger partial charge < -0.3 is 89.9 Å². The highest BCUT2D eigenvalue weighted by Gasteiger charge is 2.53. The average Bonchev–Trinajstić information content (AvgIpc) is 3.41. The van der Waals surface area contributed by atoms with Gasteiger partial charge in [-0.3, -0.25) is 4.79 Å². The molecule has 3 saturated heterocycles. The van der Waals surface area contributed by atoms with Gasteiger partial charge in [-0.2, -0.15) is 0 Å². The summed E-state index contributed by atoms with van der Waals surface area (Å²) in [5.41, 5.74) is 0. The Morgan fingerprint density at radius 3 is 1.14 bits per heavy atom. The molecule has 19 nitrogen and oxygen atoms in total. The van der Waals surface area contributed by atoms with Crippen LogP contribution < -0.4 is 5.32 Å². The minimum atomic E-state index is -1.97. The SMILES string of the molecule is CCCCCCCCCCCCCCCCCCCCCCCCCCC(O)C(COC1OC(CO)C(OC2OC(CO)C(OC3OC(CO)C(O)C(O)C3O)C(O)C2O)C(O)C1O)NC(=O)CCCCCCCCC. The molecule has 0 aliphatic carbocycles. The highest BCUT2D eigenvalue weighted by atomic mass is 16.8. The summed E-state index contributed by atoms with van der Waals surface area (Å²) < 4.78 is 34.2. The second-order valence-electron chi connectivity index (χ2n) is 22.2. The predicted octanol–water partition coefficient (Wildman–Crippen LogP) is 5.21. The van der Waals surface area contributed by atoms with E-state index in [0.717, 1.165) is 51.4 Å². The van der Waals surface area contributed by atoms with Crippen LogP contribution in [0.1, 0.15) is 226 Å². The molecule has 3 aliphatic rings. The topological polar surface area (TPSA) is 307 Å². The Kier molecular flexibility index (Phi) is 37.9. The standard InChI is InChI=1S/C57H109NO18/c1-3-5-7-9-11-12-13-14-15-16-17-18-19-20-21-22-23-24-25-26-27-29-30-32-34-41(62)40(58-45(63)35-33-31-28-10-8-6-4-2)39-71-55-51(69)48(66)53(43(37-60)73-55)76-57-52(70)49(67)54(44(38-61)74-57)75-56-50(68)47(65)46(64)42(36-59)72-56/h40-44,46-57,59-62,64-70H,3-39H2,1-2H3,(H,58,63). The van der Waals surface area contributed by atoms with E-state index in [9.17, 15) is 61.0 Å². The van der Waals surface area contributed by atoms with E-state index in [4.69, 9.17) is 28.4 Å². The number of aliphatic hydroxyl groups excluding tert-OH is 11. The molecule has 0 saturated carbocycles. The third-order valence-corrected chi connectivity index (χ3v) is 15.7. The van der Waals surface area contributed by atoms with Gasteiger partial charge in [0.05, 0.1) is 38.6 Å². The van der Waals surface area contributed by atoms with E-state index in [1.807, 2.05) is 0 Å². The van der Waals surface area contributed by atoms with Crippen molar-refractivity contribution in [1.82, 2.24) is 5.32 Å². The van der Waals surface area contributed by atoms with Crippen molar-refractivity contribution in [2.75, 3.05) is 26.4 Å². The zero-order valence-electron chi connectivity index (χ0n) is 46.8. The summed E-state index contributed by atoms with van der Waals surface area (Å²) in [6, 6.07) is -0.878. The number of amides is 1. The lowest BCUT2D eigenvalue weighted by molar-refractivity contribution is -0.379. The van der Waals surface area contributed by atoms with Gasteiger partial charge in [-0.25, -0.2) is 0 Å². The fourth-order valence-corrected chi connectivity index (χ4v) is 10.7. The maximum atomic E-state index is 13.2. The van der Waals surface area contributed by atoms with Crippen molar-refractivity contribution in [3.63, 3.8) is 0 Å². The Balaban J connectivity index is 1.41. The number of carbonyl (C=O) groups is 1. The van der Waals surface area contributed by atoms with Crippen molar-refractivity contribution in [2.45, 2.75) is 330 Å². The molecular weight excluding hydrogens is 987 g/mol. The Labute approximate surface area is 455 Å². The van der Waals surface area contributed by atoms with Crippen LogP contribution in [0, 0.1) is 0 Å². The van der Waals surface area contributed by atoms with Crippen molar-refractivity contribution in [3.05, 3.63) is 0 Å². The van der Waals surface area contributed by atoms with E-state index in [1.54, 1.807) is 0 Å². The third kappa shape index (κ3) is 25.7. The molecule has 0 aromatic heterocycles. The number of ether oxygens (including phenoxy) is 6. The number of unbranched alkanes of at least 4 members (excludes halogenated alkanes) is 29. The second-order valence-corrected chi connectivity index (χ2v) is 22.2. The Bertz CT molecular complexity index is 1400. The van der Waals surface area contributed by atoms with E-state index in [1.165, 1.54) is 141 Å². The summed E-state index contributed by atoms with van der Waals surface area (Å²) in [4.78, 5) is 13.2. The molecule has 17 atom stereocenters. The highest BCUT2D eigenvalue weighted by molar-refractivity contribution is 5.76. The number of hydrogen-bond acceptors (Lipinski definition) is 18. The van der Waals surface area contributed by atoms with Crippen LogP contribution in [-0.4, -0.2) is 193 Å². The third-order valence-electron chi connectivity index (χ3n) is 15.7. The van der Waals surface area contributed by atoms with E-state index in [0.29, 0.717) is 12.8 Å². The zero-order chi connectivity index (χ0) is 55.5. The maximum absolute atomic E-state index is 13.2. The number of rotatable bonds is 45. The van der Waals surface area contributed by atoms with Crippen molar-refractivity contribution in [1.29, 1.82) is 0 Å². The van der Waals surface area contributed by atoms with Crippen molar-refractivity contribution < 1.29 is 89.4 Å². The fraction of sp³-hybridized carbons (Fsp3) is 0.982. The van der Waals surface area contributed by atoms with E-state index < -0.39 is 124 Å². The first-order chi connectivity index (χ1) is 36.8. The van der Waals surface area contributed by atoms with Gasteiger partial charge in [0.2, 0.25) is 5.91 Å². The fourth-order valence-electron chi connectivity index (χ4n) is 10.7. The van der Waals surface area contributed by atoms with Crippen molar-refractivity contribution in [3.8, 4) is 0 Å². The first-order valence-electron chi connectivity index (χ1n) is 30.3. The Morgan fingerprint density at radius 1 is 0.421 bits per heavy atom. The van der Waals surface area contributed by atoms with Gasteiger partial charge >= 0.3 is 0 Å². The van der Waals surface area contributed by atoms with Crippen LogP contribution in [0.2, 0.25) is 0 Å². The minimum Gasteiger partial charge on any atom is -0.394 e. The second kappa shape index (κ2) is 41.7. The lowest BCUT2D eigenvalue weighted by Crippen LogP contribution is -2.66. The molecule has 19 heteroatoms. The van der Waals surface area contributed by atoms with Gasteiger partial charge in [-0.15, -0.1) is 0 Å². The van der Waals surface area contributed by atoms with Gasteiger partial charge in [0.15, 0.2) is 18.9 Å². The molecule has 12 N–H and O–H groups in total. The van der Waals surface area contributed by atoms with Gasteiger partial charge in [-0.1, -0.05) is 206 Å². The Morgan fingerprint density at radius 2 is 0.750 bits per heavy atom. The quantitative estimate of drug-likeness (QED) is 0.0348. The van der Waals surface area contributed by atoms with E-state index in [-0.39, 0.29) is 18.9 Å². The molecule has 3 heterocycles. The van der Waals surface area contributed by atoms with E-state index in [2.05, 4.69) is 19.2 Å². The summed E-state index contributed by atoms with van der Waals surface area (Å²) in [6.45, 7) is 1.75. The number of carbonyl (C=O) groups excluding carboxylic acids is 1. The maximum Gasteiger partial charge on any atom is 0.220 e. The van der Waals surface area contributed by atoms with Crippen LogP contribution in [-0.2, 0) is 33.2 Å². The van der Waals surface area contributed by atoms with Gasteiger partial charge in [-0.05, 0) is 12.8 Å². The van der Waals surface area contributed by atoms with Gasteiger partial charge in [0.25, 0.3) is 0 Å². The molecule has 3 aliphatic heterocycles. The average molecular weight is 1100 g/mol. The molecule has 3 rings (SSSR count). The van der Waals surface area contributed by atoms with Crippen LogP contribution >= 0.6 is 0 Å². The largest absolute Gasteiger partial charge is 0.394 e. The lowest BCUT2D eigenvalue weighted by atomic mass is 9.96. The molecule has 3 fully saturated rings. The normalized spacial score (nSPS) is 30.9. The number of nitrogens with one attached hydrogen (secondary N) is 1. The molecular formula is C57H109NO18. The first kappa shape index (κ1) is 69.1. The molecule has 76 heavy (non-hydrogen) atoms. The van der Waals surface area contributed by atoms with Crippen molar-refractivity contribution in [2.24, 2.45) is 0 Å². The molecule has 17 unspecified atom stereocenters. The van der Waals surface area contributed by atoms with Crippen LogP contribution in [0.5, 0.6) is 0 Å². The molecule has 0 radical (unpaired) electrons. The van der Waals surface area contributed by atoms with Gasteiger partial charge in [0, 0.05) is 6.42 Å². The van der Waals surface area contributed by atoms with Crippen LogP contribution in [0.25, 0.3) is 0 Å². The zero-order valence-corrected chi connectivity index (χ0v) is 46.8. The summed E-state index contributed by atoms with van der Waals surface area (Å²) in [5.74, 6) is -0.247. The molecule has 0 spiro atoms. The van der Waals surface area contributed by atoms with Crippen LogP contribution in [0.15, 0.2) is 0 Å². The summed E-state index contributed by atoms with van der Waals surface area (Å²) in [5, 5.41) is 120.